The van der Waals surface area contributed by atoms with Crippen molar-refractivity contribution in [3.8, 4) is 22.6 Å². The molecule has 4 atom stereocenters. The van der Waals surface area contributed by atoms with Crippen molar-refractivity contribution in [2.75, 3.05) is 32.7 Å². The first-order valence-electron chi connectivity index (χ1n) is 11.7. The summed E-state index contributed by atoms with van der Waals surface area (Å²) in [6.07, 6.45) is 6.49. The first-order chi connectivity index (χ1) is 17.1. The number of pyridine rings is 1. The van der Waals surface area contributed by atoms with Crippen molar-refractivity contribution in [1.29, 1.82) is 0 Å². The van der Waals surface area contributed by atoms with Gasteiger partial charge < -0.3 is 29.8 Å². The monoisotopic (exact) mass is 477 g/mol. The summed E-state index contributed by atoms with van der Waals surface area (Å²) in [5.41, 5.74) is 3.24. The minimum absolute atomic E-state index is 0.0111. The number of aromatic nitrogens is 5. The molecular weight excluding hydrogens is 450 g/mol. The van der Waals surface area contributed by atoms with Crippen LogP contribution in [-0.2, 0) is 9.47 Å². The van der Waals surface area contributed by atoms with E-state index in [1.54, 1.807) is 31.1 Å². The highest BCUT2D eigenvalue weighted by molar-refractivity contribution is 6.00. The van der Waals surface area contributed by atoms with Gasteiger partial charge in [-0.3, -0.25) is 4.79 Å². The fourth-order valence-corrected chi connectivity index (χ4v) is 4.93. The lowest BCUT2D eigenvalue weighted by Crippen LogP contribution is -2.51. The third kappa shape index (κ3) is 3.54. The van der Waals surface area contributed by atoms with Crippen molar-refractivity contribution in [1.82, 2.24) is 29.5 Å². The molecule has 3 N–H and O–H groups in total. The Morgan fingerprint density at radius 1 is 1.26 bits per heavy atom. The zero-order valence-electron chi connectivity index (χ0n) is 19.5. The molecule has 0 radical (unpaired) electrons. The number of carbonyl (C=O) groups excluding carboxylic acids is 1. The summed E-state index contributed by atoms with van der Waals surface area (Å²) in [5, 5.41) is 20.9. The van der Waals surface area contributed by atoms with Crippen LogP contribution in [0.15, 0.2) is 36.8 Å². The van der Waals surface area contributed by atoms with E-state index in [1.165, 1.54) is 0 Å². The van der Waals surface area contributed by atoms with Crippen molar-refractivity contribution in [3.63, 3.8) is 0 Å². The SMILES string of the molecule is CNc1cc(-c2cnc3n(C4COC[C@@H]4O)cccc2-3)nc2c(C(=O)N[C@H]3CC[C@@H]3OC)cnn12. The first kappa shape index (κ1) is 22.0. The van der Waals surface area contributed by atoms with Crippen molar-refractivity contribution in [2.24, 2.45) is 0 Å². The Hall–Kier alpha value is -3.54. The molecule has 5 heterocycles. The fourth-order valence-electron chi connectivity index (χ4n) is 4.93. The van der Waals surface area contributed by atoms with E-state index >= 15 is 0 Å². The van der Waals surface area contributed by atoms with Crippen molar-refractivity contribution in [3.05, 3.63) is 42.4 Å². The molecule has 2 aromatic heterocycles. The van der Waals surface area contributed by atoms with E-state index in [-0.39, 0.29) is 24.1 Å². The molecule has 0 bridgehead atoms. The molecule has 1 saturated carbocycles. The van der Waals surface area contributed by atoms with Crippen LogP contribution in [0.5, 0.6) is 0 Å². The summed E-state index contributed by atoms with van der Waals surface area (Å²) in [5.74, 6) is 1.21. The summed E-state index contributed by atoms with van der Waals surface area (Å²) in [4.78, 5) is 22.6. The number of aliphatic hydroxyl groups is 1. The van der Waals surface area contributed by atoms with Gasteiger partial charge in [0, 0.05) is 43.7 Å². The molecule has 1 saturated heterocycles. The molecule has 2 fully saturated rings. The lowest BCUT2D eigenvalue weighted by Gasteiger charge is -2.35. The maximum Gasteiger partial charge on any atom is 0.257 e. The van der Waals surface area contributed by atoms with Crippen LogP contribution in [0.3, 0.4) is 0 Å². The van der Waals surface area contributed by atoms with Gasteiger partial charge in [-0.25, -0.2) is 9.97 Å². The molecule has 4 aliphatic rings. The van der Waals surface area contributed by atoms with Crippen LogP contribution in [-0.4, -0.2) is 80.8 Å². The number of aliphatic hydroxyl groups excluding tert-OH is 1. The number of carbonyl (C=O) groups is 1. The molecule has 1 aliphatic carbocycles. The Bertz CT molecular complexity index is 1360. The zero-order chi connectivity index (χ0) is 24.1. The second-order valence-corrected chi connectivity index (χ2v) is 9.00. The quantitative estimate of drug-likeness (QED) is 0.382. The molecule has 0 aromatic carbocycles. The van der Waals surface area contributed by atoms with Crippen molar-refractivity contribution < 1.29 is 19.4 Å². The van der Waals surface area contributed by atoms with Crippen LogP contribution in [0.1, 0.15) is 29.2 Å². The number of nitrogens with one attached hydrogen (secondary N) is 2. The Balaban J connectivity index is 1.39. The number of ether oxygens (including phenoxy) is 2. The third-order valence-electron chi connectivity index (χ3n) is 7.06. The van der Waals surface area contributed by atoms with Gasteiger partial charge in [0.1, 0.15) is 23.3 Å². The van der Waals surface area contributed by atoms with Gasteiger partial charge in [0.25, 0.3) is 5.91 Å². The maximum atomic E-state index is 13.1. The van der Waals surface area contributed by atoms with Crippen LogP contribution in [0.4, 0.5) is 5.82 Å². The van der Waals surface area contributed by atoms with E-state index in [4.69, 9.17) is 14.5 Å². The molecule has 3 aliphatic heterocycles. The van der Waals surface area contributed by atoms with Gasteiger partial charge in [0.05, 0.1) is 43.3 Å². The summed E-state index contributed by atoms with van der Waals surface area (Å²) in [6.45, 7) is 0.740. The number of hydrogen-bond acceptors (Lipinski definition) is 8. The largest absolute Gasteiger partial charge is 0.388 e. The number of fused-ring (bicyclic) bond motifs is 2. The van der Waals surface area contributed by atoms with Gasteiger partial charge in [-0.15, -0.1) is 0 Å². The molecular formula is C24H27N7O4. The van der Waals surface area contributed by atoms with Crippen LogP contribution in [0.2, 0.25) is 0 Å². The topological polar surface area (TPSA) is 128 Å². The average Bonchev–Trinajstić information content (AvgIpc) is 3.59. The third-order valence-corrected chi connectivity index (χ3v) is 7.06. The van der Waals surface area contributed by atoms with Crippen molar-refractivity contribution in [2.45, 2.75) is 37.1 Å². The molecule has 11 heteroatoms. The molecule has 11 nitrogen and oxygen atoms in total. The minimum Gasteiger partial charge on any atom is -0.388 e. The van der Waals surface area contributed by atoms with E-state index in [0.29, 0.717) is 35.9 Å². The van der Waals surface area contributed by atoms with Crippen molar-refractivity contribution >= 4 is 17.4 Å². The molecule has 0 spiro atoms. The normalized spacial score (nSPS) is 24.1. The smallest absolute Gasteiger partial charge is 0.257 e. The molecule has 1 unspecified atom stereocenters. The summed E-state index contributed by atoms with van der Waals surface area (Å²) in [6, 6.07) is 5.58. The maximum absolute atomic E-state index is 13.1. The second kappa shape index (κ2) is 8.59. The summed E-state index contributed by atoms with van der Waals surface area (Å²) >= 11 is 0. The van der Waals surface area contributed by atoms with E-state index in [2.05, 4.69) is 20.7 Å². The van der Waals surface area contributed by atoms with Gasteiger partial charge >= 0.3 is 0 Å². The van der Waals surface area contributed by atoms with Crippen LogP contribution < -0.4 is 10.6 Å². The number of nitrogens with zero attached hydrogens (tertiary/aromatic N) is 5. The number of anilines is 1. The summed E-state index contributed by atoms with van der Waals surface area (Å²) < 4.78 is 14.4. The van der Waals surface area contributed by atoms with Crippen LogP contribution in [0, 0.1) is 0 Å². The second-order valence-electron chi connectivity index (χ2n) is 9.00. The van der Waals surface area contributed by atoms with E-state index in [0.717, 1.165) is 29.8 Å². The zero-order valence-corrected chi connectivity index (χ0v) is 19.5. The summed E-state index contributed by atoms with van der Waals surface area (Å²) in [7, 11) is 3.46. The van der Waals surface area contributed by atoms with Gasteiger partial charge in [-0.05, 0) is 25.0 Å². The molecule has 182 valence electrons. The Morgan fingerprint density at radius 2 is 2.14 bits per heavy atom. The van der Waals surface area contributed by atoms with E-state index in [1.807, 2.05) is 29.0 Å². The van der Waals surface area contributed by atoms with Gasteiger partial charge in [0.2, 0.25) is 0 Å². The molecule has 6 rings (SSSR count). The Kier molecular flexibility index (Phi) is 5.39. The van der Waals surface area contributed by atoms with Crippen LogP contribution >= 0.6 is 0 Å². The number of hydrogen-bond donors (Lipinski definition) is 3. The molecule has 35 heavy (non-hydrogen) atoms. The first-order valence-corrected chi connectivity index (χ1v) is 11.7. The standard InChI is InChI=1S/C24H27N7O4/c1-25-21-8-17(14-9-26-22-13(14)4-3-7-30(22)18-11-35-12-19(18)32)28-23-15(10-27-31(21)23)24(33)29-16-5-6-20(16)34-2/h3-4,7-10,16,18-20,25,32H,5-6,11-12H2,1-2H3,(H,29,33)/t16-,18?,19-,20-/m0/s1. The predicted octanol–water partition coefficient (Wildman–Crippen LogP) is 1.58. The minimum atomic E-state index is -0.586. The predicted molar refractivity (Wildman–Crippen MR) is 128 cm³/mol. The Labute approximate surface area is 201 Å². The highest BCUT2D eigenvalue weighted by Gasteiger charge is 2.33. The highest BCUT2D eigenvalue weighted by Crippen LogP contribution is 2.36. The number of amides is 1. The van der Waals surface area contributed by atoms with E-state index in [9.17, 15) is 9.90 Å². The van der Waals surface area contributed by atoms with Gasteiger partial charge in [0.15, 0.2) is 5.65 Å². The Morgan fingerprint density at radius 3 is 2.86 bits per heavy atom. The van der Waals surface area contributed by atoms with E-state index < -0.39 is 6.10 Å². The lowest BCUT2D eigenvalue weighted by molar-refractivity contribution is 0.00732. The highest BCUT2D eigenvalue weighted by atomic mass is 16.5. The number of rotatable bonds is 6. The van der Waals surface area contributed by atoms with Gasteiger partial charge in [-0.1, -0.05) is 0 Å². The number of methoxy groups -OCH3 is 1. The molecule has 2 aromatic rings. The van der Waals surface area contributed by atoms with Crippen LogP contribution in [0.25, 0.3) is 28.3 Å². The molecule has 1 amide bonds. The fraction of sp³-hybridized carbons (Fsp3) is 0.417. The average molecular weight is 478 g/mol. The lowest BCUT2D eigenvalue weighted by atomic mass is 9.89. The van der Waals surface area contributed by atoms with Gasteiger partial charge in [-0.2, -0.15) is 9.61 Å².